The maximum absolute atomic E-state index is 11.1. The Morgan fingerprint density at radius 3 is 2.35 bits per heavy atom. The molecule has 0 saturated heterocycles. The lowest BCUT2D eigenvalue weighted by molar-refractivity contribution is -0.188. The highest BCUT2D eigenvalue weighted by Gasteiger charge is 2.62. The SMILES string of the molecule is Cn1nccc1C(O)C12CC3CC(C)(CC(C)(C3)C1)C2. The quantitative estimate of drug-likeness (QED) is 0.897. The van der Waals surface area contributed by atoms with Gasteiger partial charge in [0, 0.05) is 18.7 Å². The van der Waals surface area contributed by atoms with E-state index in [1.165, 1.54) is 38.5 Å². The number of aryl methyl sites for hydroxylation is 1. The van der Waals surface area contributed by atoms with Crippen LogP contribution in [-0.2, 0) is 7.05 Å². The Balaban J connectivity index is 1.75. The van der Waals surface area contributed by atoms with Crippen LogP contribution < -0.4 is 0 Å². The molecule has 4 fully saturated rings. The van der Waals surface area contributed by atoms with Crippen molar-refractivity contribution in [2.24, 2.45) is 29.2 Å². The van der Waals surface area contributed by atoms with Gasteiger partial charge in [0.25, 0.3) is 0 Å². The summed E-state index contributed by atoms with van der Waals surface area (Å²) in [4.78, 5) is 0. The van der Waals surface area contributed by atoms with Crippen molar-refractivity contribution in [2.75, 3.05) is 0 Å². The summed E-state index contributed by atoms with van der Waals surface area (Å²) < 4.78 is 1.86. The lowest BCUT2D eigenvalue weighted by Crippen LogP contribution is -2.57. The molecule has 1 N–H and O–H groups in total. The third-order valence-electron chi connectivity index (χ3n) is 6.39. The fourth-order valence-electron chi connectivity index (χ4n) is 6.81. The molecule has 1 heterocycles. The van der Waals surface area contributed by atoms with Crippen molar-refractivity contribution in [3.05, 3.63) is 18.0 Å². The summed E-state index contributed by atoms with van der Waals surface area (Å²) in [5.74, 6) is 0.823. The van der Waals surface area contributed by atoms with Gasteiger partial charge in [-0.3, -0.25) is 4.68 Å². The summed E-state index contributed by atoms with van der Waals surface area (Å²) in [7, 11) is 1.95. The van der Waals surface area contributed by atoms with E-state index in [1.54, 1.807) is 0 Å². The summed E-state index contributed by atoms with van der Waals surface area (Å²) in [5, 5.41) is 15.4. The van der Waals surface area contributed by atoms with Gasteiger partial charge in [-0.05, 0) is 61.3 Å². The van der Waals surface area contributed by atoms with E-state index in [4.69, 9.17) is 0 Å². The van der Waals surface area contributed by atoms with Crippen LogP contribution in [0.2, 0.25) is 0 Å². The zero-order valence-corrected chi connectivity index (χ0v) is 12.9. The Morgan fingerprint density at radius 1 is 1.20 bits per heavy atom. The first-order valence-electron chi connectivity index (χ1n) is 7.99. The Labute approximate surface area is 121 Å². The molecule has 5 rings (SSSR count). The average molecular weight is 274 g/mol. The number of aliphatic hydroxyl groups is 1. The van der Waals surface area contributed by atoms with Crippen LogP contribution in [0.4, 0.5) is 0 Å². The van der Waals surface area contributed by atoms with Gasteiger partial charge in [0.15, 0.2) is 0 Å². The summed E-state index contributed by atoms with van der Waals surface area (Å²) >= 11 is 0. The molecule has 0 aromatic carbocycles. The molecule has 110 valence electrons. The van der Waals surface area contributed by atoms with Gasteiger partial charge in [-0.25, -0.2) is 0 Å². The predicted molar refractivity (Wildman–Crippen MR) is 78.0 cm³/mol. The van der Waals surface area contributed by atoms with Gasteiger partial charge in [-0.15, -0.1) is 0 Å². The van der Waals surface area contributed by atoms with E-state index in [2.05, 4.69) is 18.9 Å². The average Bonchev–Trinajstić information content (AvgIpc) is 2.69. The largest absolute Gasteiger partial charge is 0.386 e. The Morgan fingerprint density at radius 2 is 1.85 bits per heavy atom. The molecule has 4 aliphatic rings. The second-order valence-corrected chi connectivity index (χ2v) is 8.77. The molecule has 0 radical (unpaired) electrons. The van der Waals surface area contributed by atoms with Gasteiger partial charge in [0.2, 0.25) is 0 Å². The summed E-state index contributed by atoms with van der Waals surface area (Å²) in [6.07, 6.45) is 9.17. The van der Waals surface area contributed by atoms with E-state index in [0.717, 1.165) is 11.6 Å². The van der Waals surface area contributed by atoms with E-state index in [0.29, 0.717) is 10.8 Å². The van der Waals surface area contributed by atoms with Crippen LogP contribution in [0.5, 0.6) is 0 Å². The van der Waals surface area contributed by atoms with E-state index in [-0.39, 0.29) is 11.5 Å². The van der Waals surface area contributed by atoms with Gasteiger partial charge in [-0.2, -0.15) is 5.10 Å². The summed E-state index contributed by atoms with van der Waals surface area (Å²) in [6.45, 7) is 4.92. The van der Waals surface area contributed by atoms with Crippen LogP contribution >= 0.6 is 0 Å². The molecule has 0 amide bonds. The van der Waals surface area contributed by atoms with E-state index in [1.807, 2.05) is 24.0 Å². The highest BCUT2D eigenvalue weighted by molar-refractivity contribution is 5.17. The van der Waals surface area contributed by atoms with E-state index >= 15 is 0 Å². The first-order valence-corrected chi connectivity index (χ1v) is 7.99. The Kier molecular flexibility index (Phi) is 2.37. The first kappa shape index (κ1) is 12.9. The lowest BCUT2D eigenvalue weighted by Gasteiger charge is -2.66. The van der Waals surface area contributed by atoms with Crippen molar-refractivity contribution in [1.82, 2.24) is 9.78 Å². The molecule has 4 bridgehead atoms. The minimum absolute atomic E-state index is 0.0940. The van der Waals surface area contributed by atoms with E-state index in [9.17, 15) is 5.11 Å². The molecule has 4 aliphatic carbocycles. The number of nitrogens with zero attached hydrogens (tertiary/aromatic N) is 2. The molecule has 4 saturated carbocycles. The number of aliphatic hydroxyl groups excluding tert-OH is 1. The first-order chi connectivity index (χ1) is 9.33. The molecule has 3 atom stereocenters. The summed E-state index contributed by atoms with van der Waals surface area (Å²) in [6, 6.07) is 1.99. The number of hydrogen-bond donors (Lipinski definition) is 1. The molecule has 3 nitrogen and oxygen atoms in total. The maximum Gasteiger partial charge on any atom is 0.101 e. The zero-order chi connectivity index (χ0) is 14.2. The number of rotatable bonds is 2. The van der Waals surface area contributed by atoms with Gasteiger partial charge in [0.1, 0.15) is 6.10 Å². The molecule has 20 heavy (non-hydrogen) atoms. The predicted octanol–water partition coefficient (Wildman–Crippen LogP) is 3.45. The van der Waals surface area contributed by atoms with Crippen LogP contribution in [0, 0.1) is 22.2 Å². The van der Waals surface area contributed by atoms with Gasteiger partial charge < -0.3 is 5.11 Å². The Bertz CT molecular complexity index is 531. The van der Waals surface area contributed by atoms with Crippen molar-refractivity contribution in [3.63, 3.8) is 0 Å². The topological polar surface area (TPSA) is 38.0 Å². The normalized spacial score (nSPS) is 47.7. The third kappa shape index (κ3) is 1.65. The second-order valence-electron chi connectivity index (χ2n) is 8.77. The monoisotopic (exact) mass is 274 g/mol. The molecule has 3 unspecified atom stereocenters. The molecule has 0 aliphatic heterocycles. The fourth-order valence-corrected chi connectivity index (χ4v) is 6.81. The number of hydrogen-bond acceptors (Lipinski definition) is 2. The third-order valence-corrected chi connectivity index (χ3v) is 6.39. The maximum atomic E-state index is 11.1. The molecule has 1 aromatic heterocycles. The molecular formula is C17H26N2O. The Hall–Kier alpha value is -0.830. The molecule has 3 heteroatoms. The van der Waals surface area contributed by atoms with Crippen molar-refractivity contribution in [1.29, 1.82) is 0 Å². The molecule has 1 aromatic rings. The minimum atomic E-state index is -0.350. The van der Waals surface area contributed by atoms with Crippen molar-refractivity contribution >= 4 is 0 Å². The van der Waals surface area contributed by atoms with E-state index < -0.39 is 0 Å². The van der Waals surface area contributed by atoms with Crippen LogP contribution in [-0.4, -0.2) is 14.9 Å². The van der Waals surface area contributed by atoms with Crippen LogP contribution in [0.15, 0.2) is 12.3 Å². The smallest absolute Gasteiger partial charge is 0.101 e. The highest BCUT2D eigenvalue weighted by Crippen LogP contribution is 2.72. The zero-order valence-electron chi connectivity index (χ0n) is 12.9. The van der Waals surface area contributed by atoms with Gasteiger partial charge in [0.05, 0.1) is 5.69 Å². The van der Waals surface area contributed by atoms with Gasteiger partial charge in [-0.1, -0.05) is 13.8 Å². The van der Waals surface area contributed by atoms with Crippen molar-refractivity contribution in [3.8, 4) is 0 Å². The van der Waals surface area contributed by atoms with Crippen LogP contribution in [0.25, 0.3) is 0 Å². The van der Waals surface area contributed by atoms with Gasteiger partial charge >= 0.3 is 0 Å². The van der Waals surface area contributed by atoms with Crippen molar-refractivity contribution < 1.29 is 5.11 Å². The van der Waals surface area contributed by atoms with Crippen LogP contribution in [0.3, 0.4) is 0 Å². The minimum Gasteiger partial charge on any atom is -0.386 e. The van der Waals surface area contributed by atoms with Crippen LogP contribution in [0.1, 0.15) is 64.2 Å². The highest BCUT2D eigenvalue weighted by atomic mass is 16.3. The standard InChI is InChI=1S/C17H26N2O/c1-15-6-12-7-16(2,9-15)11-17(8-12,10-15)14(20)13-4-5-18-19(13)3/h4-5,12,14,20H,6-11H2,1-3H3. The second kappa shape index (κ2) is 3.68. The molecular weight excluding hydrogens is 248 g/mol. The number of aromatic nitrogens is 2. The fraction of sp³-hybridized carbons (Fsp3) is 0.824. The molecule has 0 spiro atoms. The summed E-state index contributed by atoms with van der Waals surface area (Å²) in [5.41, 5.74) is 2.00. The van der Waals surface area contributed by atoms with Crippen molar-refractivity contribution in [2.45, 2.75) is 58.5 Å². The lowest BCUT2D eigenvalue weighted by atomic mass is 9.39.